The fraction of sp³-hybridized carbons (Fsp3) is 0. The summed E-state index contributed by atoms with van der Waals surface area (Å²) >= 11 is 0. The summed E-state index contributed by atoms with van der Waals surface area (Å²) in [6.45, 7) is 0. The van der Waals surface area contributed by atoms with E-state index in [-0.39, 0.29) is 0 Å². The van der Waals surface area contributed by atoms with E-state index in [1.165, 1.54) is 0 Å². The van der Waals surface area contributed by atoms with Crippen molar-refractivity contribution in [3.05, 3.63) is 146 Å². The molecule has 5 aromatic heterocycles. The van der Waals surface area contributed by atoms with E-state index in [9.17, 15) is 0 Å². The van der Waals surface area contributed by atoms with E-state index in [0.717, 1.165) is 132 Å². The summed E-state index contributed by atoms with van der Waals surface area (Å²) in [6.07, 6.45) is 0. The Kier molecular flexibility index (Phi) is 5.06. The van der Waals surface area contributed by atoms with Gasteiger partial charge in [-0.25, -0.2) is 0 Å². The quantitative estimate of drug-likeness (QED) is 0.182. The average Bonchev–Trinajstić information content (AvgIpc) is 4.01. The molecule has 13 aromatic rings. The molecule has 0 aliphatic heterocycles. The van der Waals surface area contributed by atoms with Gasteiger partial charge in [-0.1, -0.05) is 60.7 Å². The molecule has 246 valence electrons. The zero-order valence-corrected chi connectivity index (χ0v) is 27.9. The number of para-hydroxylation sites is 2. The van der Waals surface area contributed by atoms with Crippen LogP contribution in [0.3, 0.4) is 0 Å². The monoisotopic (exact) mass is 680 g/mol. The second-order valence-electron chi connectivity index (χ2n) is 14.0. The highest BCUT2D eigenvalue weighted by Crippen LogP contribution is 2.42. The fourth-order valence-electron chi connectivity index (χ4n) is 8.51. The van der Waals surface area contributed by atoms with Crippen LogP contribution >= 0.6 is 0 Å². The van der Waals surface area contributed by atoms with Crippen LogP contribution in [0, 0.1) is 0 Å². The molecule has 0 spiro atoms. The molecule has 0 fully saturated rings. The second kappa shape index (κ2) is 9.75. The second-order valence-corrected chi connectivity index (χ2v) is 14.0. The zero-order chi connectivity index (χ0) is 34.4. The van der Waals surface area contributed by atoms with Crippen LogP contribution in [0.25, 0.3) is 132 Å². The molecule has 0 amide bonds. The summed E-state index contributed by atoms with van der Waals surface area (Å²) in [6, 6.07) is 50.4. The largest absolute Gasteiger partial charge is 0.456 e. The van der Waals surface area contributed by atoms with Gasteiger partial charge in [-0.2, -0.15) is 0 Å². The van der Waals surface area contributed by atoms with E-state index >= 15 is 0 Å². The first kappa shape index (κ1) is 27.5. The Morgan fingerprint density at radius 2 is 0.528 bits per heavy atom. The Morgan fingerprint density at radius 3 is 1.04 bits per heavy atom. The van der Waals surface area contributed by atoms with Gasteiger partial charge in [-0.05, 0) is 107 Å². The van der Waals surface area contributed by atoms with Crippen LogP contribution in [0.15, 0.2) is 168 Å². The molecule has 5 nitrogen and oxygen atoms in total. The lowest BCUT2D eigenvalue weighted by Gasteiger charge is -2.04. The van der Waals surface area contributed by atoms with Gasteiger partial charge in [0.1, 0.15) is 44.7 Å². The van der Waals surface area contributed by atoms with Crippen LogP contribution in [0.5, 0.6) is 0 Å². The Bertz CT molecular complexity index is 3610. The van der Waals surface area contributed by atoms with E-state index in [0.29, 0.717) is 0 Å². The first-order valence-corrected chi connectivity index (χ1v) is 17.7. The molecule has 0 saturated carbocycles. The molecule has 8 aromatic carbocycles. The molecular weight excluding hydrogens is 657 g/mol. The summed E-state index contributed by atoms with van der Waals surface area (Å²) in [7, 11) is 0. The molecule has 0 unspecified atom stereocenters. The third kappa shape index (κ3) is 3.75. The Hall–Kier alpha value is -7.24. The molecule has 5 heteroatoms. The summed E-state index contributed by atoms with van der Waals surface area (Å²) < 4.78 is 31.6. The number of fused-ring (bicyclic) bond motifs is 16. The van der Waals surface area contributed by atoms with Gasteiger partial charge in [0.05, 0.1) is 0 Å². The van der Waals surface area contributed by atoms with Crippen molar-refractivity contribution in [3.63, 3.8) is 0 Å². The third-order valence-corrected chi connectivity index (χ3v) is 11.1. The molecule has 0 aliphatic rings. The summed E-state index contributed by atoms with van der Waals surface area (Å²) in [5, 5.41) is 10.6. The van der Waals surface area contributed by atoms with E-state index in [1.54, 1.807) is 0 Å². The Labute approximate surface area is 298 Å². The van der Waals surface area contributed by atoms with Gasteiger partial charge in [-0.3, -0.25) is 0 Å². The summed E-state index contributed by atoms with van der Waals surface area (Å²) in [5.74, 6) is 0. The first-order valence-electron chi connectivity index (χ1n) is 17.7. The van der Waals surface area contributed by atoms with Crippen molar-refractivity contribution < 1.29 is 22.1 Å². The van der Waals surface area contributed by atoms with Crippen molar-refractivity contribution in [2.45, 2.75) is 0 Å². The maximum atomic E-state index is 6.41. The van der Waals surface area contributed by atoms with Gasteiger partial charge < -0.3 is 22.1 Å². The highest BCUT2D eigenvalue weighted by Gasteiger charge is 2.18. The topological polar surface area (TPSA) is 65.7 Å². The Balaban J connectivity index is 0.929. The predicted octanol–water partition coefficient (Wildman–Crippen LogP) is 14.5. The van der Waals surface area contributed by atoms with Crippen LogP contribution < -0.4 is 0 Å². The minimum atomic E-state index is 0.777. The highest BCUT2D eigenvalue weighted by atomic mass is 16.4. The smallest absolute Gasteiger partial charge is 0.178 e. The lowest BCUT2D eigenvalue weighted by atomic mass is 9.98. The van der Waals surface area contributed by atoms with Crippen LogP contribution in [0.1, 0.15) is 0 Å². The van der Waals surface area contributed by atoms with Crippen molar-refractivity contribution in [2.24, 2.45) is 0 Å². The molecule has 0 bridgehead atoms. The minimum Gasteiger partial charge on any atom is -0.456 e. The fourth-order valence-corrected chi connectivity index (χ4v) is 8.51. The van der Waals surface area contributed by atoms with Crippen molar-refractivity contribution in [1.29, 1.82) is 0 Å². The van der Waals surface area contributed by atoms with E-state index in [4.69, 9.17) is 22.1 Å². The van der Waals surface area contributed by atoms with Gasteiger partial charge in [0.15, 0.2) is 11.2 Å². The predicted molar refractivity (Wildman–Crippen MR) is 214 cm³/mol. The molecule has 13 rings (SSSR count). The van der Waals surface area contributed by atoms with Crippen LogP contribution in [0.4, 0.5) is 0 Å². The van der Waals surface area contributed by atoms with Crippen molar-refractivity contribution >= 4 is 110 Å². The van der Waals surface area contributed by atoms with Crippen LogP contribution in [0.2, 0.25) is 0 Å². The van der Waals surface area contributed by atoms with Gasteiger partial charge in [-0.15, -0.1) is 0 Å². The van der Waals surface area contributed by atoms with Crippen molar-refractivity contribution in [1.82, 2.24) is 0 Å². The number of benzene rings is 8. The maximum absolute atomic E-state index is 6.41. The third-order valence-electron chi connectivity index (χ3n) is 11.1. The van der Waals surface area contributed by atoms with Crippen molar-refractivity contribution in [2.75, 3.05) is 0 Å². The average molecular weight is 681 g/mol. The SMILES string of the molecule is c1ccc2c(c1)oc1cc3c(cc12)oc1ccc(-c2ccc4oc5ccc(-c6ccc7oc8c(ccc9c%10ccccc%10oc98)c7c6)cc5c4c2)cc13. The van der Waals surface area contributed by atoms with Gasteiger partial charge in [0.25, 0.3) is 0 Å². The molecule has 53 heavy (non-hydrogen) atoms. The zero-order valence-electron chi connectivity index (χ0n) is 27.9. The standard InChI is InChI=1S/C48H24O5/c1-4-8-40-29(5-1)31-13-14-32-33-19-25(12-18-44(33)53-48(32)47(31)52-40)26-9-15-41-34(20-26)35-21-27(10-16-42(35)49-41)28-11-17-43-36(22-28)38-24-45-37(23-46(38)51-43)30-6-2-3-7-39(30)50-45/h1-24H. The molecule has 0 aliphatic carbocycles. The van der Waals surface area contributed by atoms with E-state index in [1.807, 2.05) is 36.4 Å². The molecule has 0 saturated heterocycles. The Morgan fingerprint density at radius 1 is 0.208 bits per heavy atom. The summed E-state index contributed by atoms with van der Waals surface area (Å²) in [4.78, 5) is 0. The molecule has 0 radical (unpaired) electrons. The number of hydrogen-bond donors (Lipinski definition) is 0. The highest BCUT2D eigenvalue weighted by molar-refractivity contribution is 6.20. The molecule has 0 atom stereocenters. The van der Waals surface area contributed by atoms with Gasteiger partial charge >= 0.3 is 0 Å². The summed E-state index contributed by atoms with van der Waals surface area (Å²) in [5.41, 5.74) is 12.8. The normalized spacial score (nSPS) is 12.5. The van der Waals surface area contributed by atoms with Crippen molar-refractivity contribution in [3.8, 4) is 22.3 Å². The number of furan rings is 5. The number of rotatable bonds is 2. The molecule has 0 N–H and O–H groups in total. The first-order chi connectivity index (χ1) is 26.2. The lowest BCUT2D eigenvalue weighted by Crippen LogP contribution is -1.79. The van der Waals surface area contributed by atoms with E-state index in [2.05, 4.69) is 109 Å². The van der Waals surface area contributed by atoms with Crippen LogP contribution in [-0.4, -0.2) is 0 Å². The van der Waals surface area contributed by atoms with Crippen LogP contribution in [-0.2, 0) is 0 Å². The van der Waals surface area contributed by atoms with Gasteiger partial charge in [0, 0.05) is 53.9 Å². The molecule has 5 heterocycles. The van der Waals surface area contributed by atoms with Gasteiger partial charge in [0.2, 0.25) is 0 Å². The molecular formula is C48H24O5. The minimum absolute atomic E-state index is 0.777. The number of hydrogen-bond acceptors (Lipinski definition) is 5. The van der Waals surface area contributed by atoms with E-state index < -0.39 is 0 Å². The lowest BCUT2D eigenvalue weighted by molar-refractivity contribution is 0.633. The maximum Gasteiger partial charge on any atom is 0.178 e.